The summed E-state index contributed by atoms with van der Waals surface area (Å²) in [4.78, 5) is 34.6. The van der Waals surface area contributed by atoms with Gasteiger partial charge in [0, 0.05) is 24.0 Å². The predicted octanol–water partition coefficient (Wildman–Crippen LogP) is 4.82. The molecule has 0 aliphatic carbocycles. The summed E-state index contributed by atoms with van der Waals surface area (Å²) in [6.07, 6.45) is 0.941. The first kappa shape index (κ1) is 29.1. The number of aryl methyl sites for hydroxylation is 1. The van der Waals surface area contributed by atoms with Crippen LogP contribution in [-0.2, 0) is 20.0 Å². The largest absolute Gasteiger partial charge is 0.444 e. The summed E-state index contributed by atoms with van der Waals surface area (Å²) < 4.78 is 38.8. The molecular formula is C28H33FN6O4S. The molecule has 2 aliphatic rings. The van der Waals surface area contributed by atoms with E-state index >= 15 is 4.39 Å². The molecule has 12 heteroatoms. The Bertz CT molecular complexity index is 1600. The van der Waals surface area contributed by atoms with E-state index in [0.29, 0.717) is 24.1 Å². The van der Waals surface area contributed by atoms with Crippen molar-refractivity contribution in [2.75, 3.05) is 11.9 Å². The Hall–Kier alpha value is -3.85. The molecule has 0 spiro atoms. The van der Waals surface area contributed by atoms with E-state index in [9.17, 15) is 13.8 Å². The lowest BCUT2D eigenvalue weighted by Crippen LogP contribution is -2.60. The van der Waals surface area contributed by atoms with Crippen molar-refractivity contribution < 1.29 is 22.9 Å². The number of aliphatic imine (C=N–C) groups is 1. The molecule has 212 valence electrons. The van der Waals surface area contributed by atoms with E-state index in [1.807, 2.05) is 6.07 Å². The molecule has 40 heavy (non-hydrogen) atoms. The van der Waals surface area contributed by atoms with Crippen molar-refractivity contribution in [3.05, 3.63) is 58.7 Å². The van der Waals surface area contributed by atoms with Crippen LogP contribution in [-0.4, -0.2) is 49.2 Å². The highest BCUT2D eigenvalue weighted by atomic mass is 32.2. The van der Waals surface area contributed by atoms with Gasteiger partial charge in [-0.15, -0.1) is 0 Å². The van der Waals surface area contributed by atoms with E-state index in [2.05, 4.69) is 20.0 Å². The van der Waals surface area contributed by atoms with Crippen molar-refractivity contribution in [3.8, 4) is 6.07 Å². The van der Waals surface area contributed by atoms with Crippen LogP contribution < -0.4 is 10.6 Å². The number of carbonyl (C=O) groups is 2. The zero-order chi connectivity index (χ0) is 29.7. The molecule has 3 heterocycles. The molecule has 2 aliphatic heterocycles. The fraction of sp³-hybridized carbons (Fsp3) is 0.464. The van der Waals surface area contributed by atoms with Gasteiger partial charge in [-0.2, -0.15) is 5.26 Å². The quantitative estimate of drug-likeness (QED) is 0.543. The van der Waals surface area contributed by atoms with Crippen LogP contribution in [0.25, 0.3) is 0 Å². The molecule has 0 radical (unpaired) electrons. The van der Waals surface area contributed by atoms with Crippen LogP contribution in [0.15, 0.2) is 39.8 Å². The summed E-state index contributed by atoms with van der Waals surface area (Å²) in [5.41, 5.74) is -0.837. The lowest BCUT2D eigenvalue weighted by molar-refractivity contribution is 0.0560. The molecule has 0 saturated heterocycles. The molecule has 2 amide bonds. The third-order valence-corrected chi connectivity index (χ3v) is 10.8. The Labute approximate surface area is 233 Å². The fourth-order valence-corrected chi connectivity index (χ4v) is 8.30. The molecule has 3 atom stereocenters. The minimum Gasteiger partial charge on any atom is -0.444 e. The number of nitrogens with zero attached hydrogens (tertiary/aromatic N) is 4. The number of nitriles is 1. The number of ether oxygens (including phenoxy) is 1. The van der Waals surface area contributed by atoms with Crippen molar-refractivity contribution >= 4 is 33.3 Å². The van der Waals surface area contributed by atoms with Gasteiger partial charge in [-0.1, -0.05) is 0 Å². The number of nitrogens with one attached hydrogen (secondary N) is 2. The van der Waals surface area contributed by atoms with Gasteiger partial charge in [0.25, 0.3) is 5.91 Å². The summed E-state index contributed by atoms with van der Waals surface area (Å²) in [7, 11) is -3.04. The first-order chi connectivity index (χ1) is 18.5. The van der Waals surface area contributed by atoms with Crippen LogP contribution >= 0.6 is 0 Å². The van der Waals surface area contributed by atoms with E-state index in [1.54, 1.807) is 54.5 Å². The van der Waals surface area contributed by atoms with Crippen LogP contribution in [0, 0.1) is 24.1 Å². The first-order valence-electron chi connectivity index (χ1n) is 12.8. The number of benzene rings is 1. The minimum atomic E-state index is -3.04. The first-order valence-corrected chi connectivity index (χ1v) is 14.4. The van der Waals surface area contributed by atoms with Crippen molar-refractivity contribution in [1.29, 1.82) is 5.26 Å². The zero-order valence-corrected chi connectivity index (χ0v) is 24.4. The molecular weight excluding hydrogens is 535 g/mol. The molecule has 10 nitrogen and oxygen atoms in total. The number of amides is 2. The number of anilines is 1. The van der Waals surface area contributed by atoms with Crippen LogP contribution in [0.3, 0.4) is 0 Å². The van der Waals surface area contributed by atoms with Crippen LogP contribution in [0.4, 0.5) is 14.9 Å². The van der Waals surface area contributed by atoms with E-state index in [0.717, 1.165) is 0 Å². The third kappa shape index (κ3) is 5.06. The van der Waals surface area contributed by atoms with E-state index in [4.69, 9.17) is 15.0 Å². The second-order valence-corrected chi connectivity index (χ2v) is 14.6. The van der Waals surface area contributed by atoms with Crippen LogP contribution in [0.5, 0.6) is 0 Å². The highest BCUT2D eigenvalue weighted by Crippen LogP contribution is 2.48. The molecule has 2 aromatic rings. The predicted molar refractivity (Wildman–Crippen MR) is 150 cm³/mol. The van der Waals surface area contributed by atoms with Gasteiger partial charge in [-0.3, -0.25) is 15.1 Å². The van der Waals surface area contributed by atoms with Gasteiger partial charge in [0.05, 0.1) is 20.5 Å². The van der Waals surface area contributed by atoms with E-state index < -0.39 is 48.7 Å². The second kappa shape index (κ2) is 9.96. The standard InChI is InChI=1S/C28H33FN6O4S/c1-16-12-17(14-30)15-31-22(16)23(36)33-18-8-9-20(29)19(13-18)28(7)21-10-11-32-40(21,38)27(5,6)24(35-28)34-25(37)39-26(2,3)4/h8-9,12-13,15,21H,10-11H2,1-7H3,(H,33,36)(H,34,35,37)/t21?,28-,40-/m1/s1. The number of hydrogen-bond donors (Lipinski definition) is 2. The van der Waals surface area contributed by atoms with E-state index in [1.165, 1.54) is 24.4 Å². The molecule has 2 N–H and O–H groups in total. The molecule has 1 unspecified atom stereocenters. The highest BCUT2D eigenvalue weighted by molar-refractivity contribution is 7.96. The van der Waals surface area contributed by atoms with Crippen molar-refractivity contribution in [1.82, 2.24) is 10.3 Å². The zero-order valence-electron chi connectivity index (χ0n) is 23.6. The topological polar surface area (TPSA) is 146 Å². The van der Waals surface area contributed by atoms with Gasteiger partial charge >= 0.3 is 6.09 Å². The lowest BCUT2D eigenvalue weighted by Gasteiger charge is -2.45. The average molecular weight is 569 g/mol. The molecule has 0 bridgehead atoms. The molecule has 1 aromatic heterocycles. The van der Waals surface area contributed by atoms with Gasteiger partial charge in [0.2, 0.25) is 0 Å². The van der Waals surface area contributed by atoms with Gasteiger partial charge in [-0.05, 0) is 84.7 Å². The normalized spacial score (nSPS) is 25.1. The fourth-order valence-electron chi connectivity index (χ4n) is 5.11. The monoisotopic (exact) mass is 568 g/mol. The van der Waals surface area contributed by atoms with Gasteiger partial charge in [-0.25, -0.2) is 22.7 Å². The second-order valence-electron chi connectivity index (χ2n) is 11.6. The number of amidine groups is 1. The lowest BCUT2D eigenvalue weighted by atomic mass is 9.85. The molecule has 0 saturated carbocycles. The number of pyridine rings is 1. The van der Waals surface area contributed by atoms with Gasteiger partial charge in [0.15, 0.2) is 0 Å². The highest BCUT2D eigenvalue weighted by Gasteiger charge is 2.57. The Balaban J connectivity index is 1.77. The Morgan fingerprint density at radius 2 is 1.90 bits per heavy atom. The summed E-state index contributed by atoms with van der Waals surface area (Å²) in [5, 5.41) is 13.8. The SMILES string of the molecule is Cc1cc(C#N)cnc1C(=O)Nc1ccc(F)c([C@@]2(C)N=C(NC(=O)OC(C)(C)C)C(C)(C)[S@@]3(=O)=NCCC23)c1. The van der Waals surface area contributed by atoms with Crippen LogP contribution in [0.2, 0.25) is 0 Å². The third-order valence-electron chi connectivity index (χ3n) is 7.14. The molecule has 4 rings (SSSR count). The van der Waals surface area contributed by atoms with E-state index in [-0.39, 0.29) is 22.8 Å². The summed E-state index contributed by atoms with van der Waals surface area (Å²) >= 11 is 0. The maximum atomic E-state index is 15.5. The van der Waals surface area contributed by atoms with Crippen molar-refractivity contribution in [2.24, 2.45) is 9.36 Å². The Morgan fingerprint density at radius 1 is 1.20 bits per heavy atom. The summed E-state index contributed by atoms with van der Waals surface area (Å²) in [6.45, 7) is 12.2. The number of alkyl carbamates (subject to hydrolysis) is 1. The number of halogens is 1. The minimum absolute atomic E-state index is 0.0856. The Kier molecular flexibility index (Phi) is 7.26. The number of carbonyl (C=O) groups excluding carboxylic acids is 2. The summed E-state index contributed by atoms with van der Waals surface area (Å²) in [6, 6.07) is 7.60. The number of hydrogen-bond acceptors (Lipinski definition) is 8. The van der Waals surface area contributed by atoms with Crippen molar-refractivity contribution in [3.63, 3.8) is 0 Å². The number of fused-ring (bicyclic) bond motifs is 1. The van der Waals surface area contributed by atoms with Gasteiger partial charge < -0.3 is 10.1 Å². The van der Waals surface area contributed by atoms with Gasteiger partial charge in [0.1, 0.15) is 39.3 Å². The van der Waals surface area contributed by atoms with Crippen LogP contribution in [0.1, 0.15) is 75.1 Å². The number of rotatable bonds is 3. The average Bonchev–Trinajstić information content (AvgIpc) is 3.27. The van der Waals surface area contributed by atoms with Crippen molar-refractivity contribution in [2.45, 2.75) is 76.0 Å². The Morgan fingerprint density at radius 3 is 2.52 bits per heavy atom. The summed E-state index contributed by atoms with van der Waals surface area (Å²) in [5.74, 6) is -1.06. The molecule has 0 fully saturated rings. The molecule has 1 aromatic carbocycles. The smallest absolute Gasteiger partial charge is 0.413 e. The maximum Gasteiger partial charge on any atom is 0.413 e. The number of aromatic nitrogens is 1. The maximum absolute atomic E-state index is 15.5.